The zero-order valence-corrected chi connectivity index (χ0v) is 20.7. The van der Waals surface area contributed by atoms with E-state index in [9.17, 15) is 18.0 Å². The van der Waals surface area contributed by atoms with E-state index in [4.69, 9.17) is 4.74 Å². The molecule has 4 rings (SSSR count). The predicted octanol–water partition coefficient (Wildman–Crippen LogP) is 2.41. The number of ether oxygens (including phenoxy) is 1. The molecular weight excluding hydrogens is 510 g/mol. The molecule has 2 aliphatic rings. The molecule has 2 fully saturated rings. The van der Waals surface area contributed by atoms with Crippen molar-refractivity contribution < 1.29 is 22.7 Å². The zero-order valence-electron chi connectivity index (χ0n) is 18.3. The second-order valence-electron chi connectivity index (χ2n) is 8.15. The number of imide groups is 1. The summed E-state index contributed by atoms with van der Waals surface area (Å²) in [5, 5.41) is 0. The molecule has 2 aliphatic heterocycles. The standard InChI is InChI=1S/C23H26BrN3O5S/c1-17-2-6-19(7-3-17)27-22(28)16-21(23(27)29)26(11-10-25-12-14-32-15-13-25)33(30,31)20-8-4-18(24)5-9-20/h2-9,21H,10-16H2,1H3. The second-order valence-corrected chi connectivity index (χ2v) is 11.0. The molecule has 2 aromatic rings. The third kappa shape index (κ3) is 5.20. The molecule has 2 saturated heterocycles. The minimum atomic E-state index is -4.02. The molecule has 0 N–H and O–H groups in total. The first-order valence-electron chi connectivity index (χ1n) is 10.8. The molecule has 0 saturated carbocycles. The summed E-state index contributed by atoms with van der Waals surface area (Å²) in [5.74, 6) is -0.928. The Morgan fingerprint density at radius 2 is 1.67 bits per heavy atom. The van der Waals surface area contributed by atoms with Crippen LogP contribution in [0, 0.1) is 6.92 Å². The van der Waals surface area contributed by atoms with E-state index in [0.717, 1.165) is 14.9 Å². The number of anilines is 1. The van der Waals surface area contributed by atoms with Crippen molar-refractivity contribution in [2.45, 2.75) is 24.3 Å². The molecule has 176 valence electrons. The van der Waals surface area contributed by atoms with Crippen LogP contribution in [0.4, 0.5) is 5.69 Å². The third-order valence-corrected chi connectivity index (χ3v) is 8.37. The van der Waals surface area contributed by atoms with Crippen LogP contribution in [0.1, 0.15) is 12.0 Å². The van der Waals surface area contributed by atoms with Gasteiger partial charge in [0.25, 0.3) is 5.91 Å². The number of benzene rings is 2. The zero-order chi connectivity index (χ0) is 23.6. The van der Waals surface area contributed by atoms with Gasteiger partial charge in [0.1, 0.15) is 6.04 Å². The fraction of sp³-hybridized carbons (Fsp3) is 0.391. The van der Waals surface area contributed by atoms with Crippen molar-refractivity contribution in [2.75, 3.05) is 44.3 Å². The summed E-state index contributed by atoms with van der Waals surface area (Å²) in [4.78, 5) is 29.5. The Morgan fingerprint density at radius 1 is 1.03 bits per heavy atom. The summed E-state index contributed by atoms with van der Waals surface area (Å²) >= 11 is 3.32. The summed E-state index contributed by atoms with van der Waals surface area (Å²) in [6.45, 7) is 5.02. The van der Waals surface area contributed by atoms with Crippen LogP contribution in [0.3, 0.4) is 0 Å². The van der Waals surface area contributed by atoms with Gasteiger partial charge in [-0.2, -0.15) is 4.31 Å². The number of hydrogen-bond acceptors (Lipinski definition) is 6. The lowest BCUT2D eigenvalue weighted by atomic mass is 10.2. The van der Waals surface area contributed by atoms with Crippen molar-refractivity contribution in [1.82, 2.24) is 9.21 Å². The van der Waals surface area contributed by atoms with Crippen LogP contribution in [-0.2, 0) is 24.3 Å². The first-order valence-corrected chi connectivity index (χ1v) is 13.0. The SMILES string of the molecule is Cc1ccc(N2C(=O)CC(N(CCN3CCOCC3)S(=O)(=O)c3ccc(Br)cc3)C2=O)cc1. The van der Waals surface area contributed by atoms with Crippen LogP contribution in [0.25, 0.3) is 0 Å². The summed E-state index contributed by atoms with van der Waals surface area (Å²) in [6, 6.07) is 12.2. The van der Waals surface area contributed by atoms with Gasteiger partial charge in [0.05, 0.1) is 30.2 Å². The lowest BCUT2D eigenvalue weighted by Gasteiger charge is -2.31. The second kappa shape index (κ2) is 10.0. The van der Waals surface area contributed by atoms with E-state index in [0.29, 0.717) is 38.5 Å². The van der Waals surface area contributed by atoms with Crippen LogP contribution in [0.2, 0.25) is 0 Å². The number of aryl methyl sites for hydroxylation is 1. The maximum Gasteiger partial charge on any atom is 0.252 e. The largest absolute Gasteiger partial charge is 0.379 e. The number of nitrogens with zero attached hydrogens (tertiary/aromatic N) is 3. The van der Waals surface area contributed by atoms with Gasteiger partial charge in [0.2, 0.25) is 15.9 Å². The van der Waals surface area contributed by atoms with Crippen LogP contribution < -0.4 is 4.90 Å². The highest BCUT2D eigenvalue weighted by atomic mass is 79.9. The number of rotatable bonds is 7. The van der Waals surface area contributed by atoms with E-state index in [2.05, 4.69) is 20.8 Å². The molecule has 1 atom stereocenters. The van der Waals surface area contributed by atoms with Crippen molar-refractivity contribution >= 4 is 43.5 Å². The summed E-state index contributed by atoms with van der Waals surface area (Å²) in [7, 11) is -4.02. The molecule has 0 radical (unpaired) electrons. The van der Waals surface area contributed by atoms with Gasteiger partial charge in [0.15, 0.2) is 0 Å². The van der Waals surface area contributed by atoms with E-state index in [1.54, 1.807) is 24.3 Å². The Labute approximate surface area is 202 Å². The highest BCUT2D eigenvalue weighted by Gasteiger charge is 2.46. The molecule has 2 heterocycles. The number of carbonyl (C=O) groups excluding carboxylic acids is 2. The number of amides is 2. The molecule has 8 nitrogen and oxygen atoms in total. The molecular formula is C23H26BrN3O5S. The fourth-order valence-electron chi connectivity index (χ4n) is 4.06. The first-order chi connectivity index (χ1) is 15.8. The first kappa shape index (κ1) is 24.0. The Balaban J connectivity index is 1.64. The summed E-state index contributed by atoms with van der Waals surface area (Å²) < 4.78 is 34.6. The van der Waals surface area contributed by atoms with Crippen LogP contribution in [0.5, 0.6) is 0 Å². The van der Waals surface area contributed by atoms with Crippen LogP contribution >= 0.6 is 15.9 Å². The minimum Gasteiger partial charge on any atom is -0.379 e. The van der Waals surface area contributed by atoms with Gasteiger partial charge in [0, 0.05) is 30.7 Å². The maximum atomic E-state index is 13.6. The van der Waals surface area contributed by atoms with Crippen LogP contribution in [0.15, 0.2) is 57.9 Å². The third-order valence-electron chi connectivity index (χ3n) is 5.92. The van der Waals surface area contributed by atoms with E-state index in [-0.39, 0.29) is 17.9 Å². The fourth-order valence-corrected chi connectivity index (χ4v) is 5.89. The maximum absolute atomic E-state index is 13.6. The lowest BCUT2D eigenvalue weighted by Crippen LogP contribution is -2.49. The molecule has 0 aromatic heterocycles. The van der Waals surface area contributed by atoms with Gasteiger partial charge >= 0.3 is 0 Å². The smallest absolute Gasteiger partial charge is 0.252 e. The van der Waals surface area contributed by atoms with Gasteiger partial charge in [-0.15, -0.1) is 0 Å². The summed E-state index contributed by atoms with van der Waals surface area (Å²) in [6.07, 6.45) is -0.189. The lowest BCUT2D eigenvalue weighted by molar-refractivity contribution is -0.122. The van der Waals surface area contributed by atoms with Crippen molar-refractivity contribution in [3.63, 3.8) is 0 Å². The molecule has 10 heteroatoms. The minimum absolute atomic E-state index is 0.0849. The molecule has 0 bridgehead atoms. The molecule has 33 heavy (non-hydrogen) atoms. The van der Waals surface area contributed by atoms with Crippen molar-refractivity contribution in [3.8, 4) is 0 Å². The number of morpholine rings is 1. The molecule has 1 unspecified atom stereocenters. The Hall–Kier alpha value is -2.11. The van der Waals surface area contributed by atoms with E-state index < -0.39 is 27.9 Å². The highest BCUT2D eigenvalue weighted by Crippen LogP contribution is 2.30. The van der Waals surface area contributed by atoms with Gasteiger partial charge in [-0.25, -0.2) is 13.3 Å². The van der Waals surface area contributed by atoms with Gasteiger partial charge in [-0.1, -0.05) is 33.6 Å². The van der Waals surface area contributed by atoms with Gasteiger partial charge < -0.3 is 4.74 Å². The number of hydrogen-bond donors (Lipinski definition) is 0. The Morgan fingerprint density at radius 3 is 2.30 bits per heavy atom. The molecule has 0 aliphatic carbocycles. The normalized spacial score (nSPS) is 20.1. The highest BCUT2D eigenvalue weighted by molar-refractivity contribution is 9.10. The van der Waals surface area contributed by atoms with Crippen LogP contribution in [-0.4, -0.2) is 74.9 Å². The van der Waals surface area contributed by atoms with E-state index >= 15 is 0 Å². The topological polar surface area (TPSA) is 87.2 Å². The van der Waals surface area contributed by atoms with E-state index in [1.807, 2.05) is 19.1 Å². The summed E-state index contributed by atoms with van der Waals surface area (Å²) in [5.41, 5.74) is 1.45. The Bertz CT molecular complexity index is 1120. The van der Waals surface area contributed by atoms with E-state index in [1.165, 1.54) is 16.4 Å². The Kier molecular flexibility index (Phi) is 7.30. The van der Waals surface area contributed by atoms with Crippen molar-refractivity contribution in [1.29, 1.82) is 0 Å². The molecule has 2 amide bonds. The monoisotopic (exact) mass is 535 g/mol. The number of halogens is 1. The molecule has 2 aromatic carbocycles. The predicted molar refractivity (Wildman–Crippen MR) is 127 cm³/mol. The quantitative estimate of drug-likeness (QED) is 0.506. The number of sulfonamides is 1. The molecule has 0 spiro atoms. The average molecular weight is 536 g/mol. The van der Waals surface area contributed by atoms with Gasteiger partial charge in [-0.05, 0) is 43.3 Å². The van der Waals surface area contributed by atoms with Crippen molar-refractivity contribution in [2.24, 2.45) is 0 Å². The van der Waals surface area contributed by atoms with Crippen molar-refractivity contribution in [3.05, 3.63) is 58.6 Å². The number of carbonyl (C=O) groups is 2. The average Bonchev–Trinajstić information content (AvgIpc) is 3.09. The van der Waals surface area contributed by atoms with Gasteiger partial charge in [-0.3, -0.25) is 14.5 Å².